The molecule has 1 saturated carbocycles. The SMILES string of the molecule is O=C(NC1CCCS(=O)(=O)C1)C1CC12CCNCC2. The lowest BCUT2D eigenvalue weighted by Gasteiger charge is -2.25. The van der Waals surface area contributed by atoms with Crippen LogP contribution in [0.3, 0.4) is 0 Å². The minimum atomic E-state index is -2.94. The fourth-order valence-electron chi connectivity index (χ4n) is 3.63. The molecule has 2 aliphatic heterocycles. The summed E-state index contributed by atoms with van der Waals surface area (Å²) in [5, 5.41) is 6.29. The monoisotopic (exact) mass is 286 g/mol. The third kappa shape index (κ3) is 2.79. The van der Waals surface area contributed by atoms with E-state index in [1.807, 2.05) is 0 Å². The molecule has 3 aliphatic rings. The van der Waals surface area contributed by atoms with E-state index in [1.54, 1.807) is 0 Å². The van der Waals surface area contributed by atoms with Crippen molar-refractivity contribution >= 4 is 15.7 Å². The van der Waals surface area contributed by atoms with Crippen LogP contribution in [0.15, 0.2) is 0 Å². The van der Waals surface area contributed by atoms with Crippen molar-refractivity contribution in [2.75, 3.05) is 24.6 Å². The molecule has 0 bridgehead atoms. The van der Waals surface area contributed by atoms with Crippen molar-refractivity contribution < 1.29 is 13.2 Å². The highest BCUT2D eigenvalue weighted by Crippen LogP contribution is 2.58. The Morgan fingerprint density at radius 2 is 2.00 bits per heavy atom. The number of carbonyl (C=O) groups excluding carboxylic acids is 1. The van der Waals surface area contributed by atoms with Crippen molar-refractivity contribution in [1.82, 2.24) is 10.6 Å². The molecule has 3 fully saturated rings. The predicted molar refractivity (Wildman–Crippen MR) is 72.5 cm³/mol. The summed E-state index contributed by atoms with van der Waals surface area (Å²) in [6.45, 7) is 2.00. The van der Waals surface area contributed by atoms with Crippen molar-refractivity contribution in [2.24, 2.45) is 11.3 Å². The zero-order valence-electron chi connectivity index (χ0n) is 11.2. The smallest absolute Gasteiger partial charge is 0.223 e. The topological polar surface area (TPSA) is 75.3 Å². The molecule has 2 saturated heterocycles. The van der Waals surface area contributed by atoms with E-state index in [0.717, 1.165) is 38.8 Å². The second kappa shape index (κ2) is 4.74. The maximum absolute atomic E-state index is 12.2. The van der Waals surface area contributed by atoms with Crippen molar-refractivity contribution in [3.63, 3.8) is 0 Å². The molecular formula is C13H22N2O3S. The first kappa shape index (κ1) is 13.4. The van der Waals surface area contributed by atoms with Gasteiger partial charge in [-0.3, -0.25) is 4.79 Å². The van der Waals surface area contributed by atoms with Crippen LogP contribution in [0.25, 0.3) is 0 Å². The Labute approximate surface area is 114 Å². The Morgan fingerprint density at radius 1 is 1.26 bits per heavy atom. The zero-order valence-corrected chi connectivity index (χ0v) is 12.0. The van der Waals surface area contributed by atoms with Gasteiger partial charge in [-0.25, -0.2) is 8.42 Å². The first-order valence-electron chi connectivity index (χ1n) is 7.22. The molecular weight excluding hydrogens is 264 g/mol. The van der Waals surface area contributed by atoms with Gasteiger partial charge < -0.3 is 10.6 Å². The summed E-state index contributed by atoms with van der Waals surface area (Å²) in [6, 6.07) is -0.161. The van der Waals surface area contributed by atoms with Gasteiger partial charge in [-0.05, 0) is 50.6 Å². The number of piperidine rings is 1. The van der Waals surface area contributed by atoms with Crippen molar-refractivity contribution in [3.05, 3.63) is 0 Å². The van der Waals surface area contributed by atoms with Crippen molar-refractivity contribution in [3.8, 4) is 0 Å². The molecule has 5 nitrogen and oxygen atoms in total. The molecule has 0 aromatic rings. The lowest BCUT2D eigenvalue weighted by molar-refractivity contribution is -0.123. The Bertz CT molecular complexity index is 468. The highest BCUT2D eigenvalue weighted by atomic mass is 32.2. The Kier molecular flexibility index (Phi) is 3.33. The summed E-state index contributed by atoms with van der Waals surface area (Å²) in [5.41, 5.74) is 0.225. The van der Waals surface area contributed by atoms with Gasteiger partial charge in [0.2, 0.25) is 5.91 Å². The van der Waals surface area contributed by atoms with Crippen LogP contribution in [0.5, 0.6) is 0 Å². The van der Waals surface area contributed by atoms with Gasteiger partial charge in [0.05, 0.1) is 11.5 Å². The summed E-state index contributed by atoms with van der Waals surface area (Å²) < 4.78 is 23.1. The second-order valence-corrected chi connectivity index (χ2v) is 8.56. The third-order valence-corrected chi connectivity index (χ3v) is 6.74. The first-order valence-corrected chi connectivity index (χ1v) is 9.04. The molecule has 2 atom stereocenters. The van der Waals surface area contributed by atoms with E-state index in [1.165, 1.54) is 0 Å². The number of hydrogen-bond donors (Lipinski definition) is 2. The summed E-state index contributed by atoms with van der Waals surface area (Å²) in [5.74, 6) is 0.613. The van der Waals surface area contributed by atoms with E-state index in [2.05, 4.69) is 10.6 Å². The fourth-order valence-corrected chi connectivity index (χ4v) is 5.27. The maximum Gasteiger partial charge on any atom is 0.223 e. The van der Waals surface area contributed by atoms with E-state index < -0.39 is 9.84 Å². The van der Waals surface area contributed by atoms with E-state index >= 15 is 0 Å². The van der Waals surface area contributed by atoms with Crippen LogP contribution in [0, 0.1) is 11.3 Å². The van der Waals surface area contributed by atoms with Crippen LogP contribution < -0.4 is 10.6 Å². The average Bonchev–Trinajstić information content (AvgIpc) is 3.02. The van der Waals surface area contributed by atoms with E-state index in [-0.39, 0.29) is 34.8 Å². The van der Waals surface area contributed by atoms with Crippen LogP contribution in [-0.4, -0.2) is 45.0 Å². The van der Waals surface area contributed by atoms with Gasteiger partial charge in [0.25, 0.3) is 0 Å². The standard InChI is InChI=1S/C13H22N2O3S/c16-12(11-8-13(11)3-5-14-6-4-13)15-10-2-1-7-19(17,18)9-10/h10-11,14H,1-9H2,(H,15,16). The highest BCUT2D eigenvalue weighted by molar-refractivity contribution is 7.91. The quantitative estimate of drug-likeness (QED) is 0.753. The fraction of sp³-hybridized carbons (Fsp3) is 0.923. The first-order chi connectivity index (χ1) is 9.01. The Morgan fingerprint density at radius 3 is 2.68 bits per heavy atom. The normalized spacial score (nSPS) is 35.8. The molecule has 0 aromatic heterocycles. The lowest BCUT2D eigenvalue weighted by atomic mass is 9.91. The largest absolute Gasteiger partial charge is 0.352 e. The molecule has 2 N–H and O–H groups in total. The molecule has 19 heavy (non-hydrogen) atoms. The summed E-state index contributed by atoms with van der Waals surface area (Å²) in [7, 11) is -2.94. The molecule has 0 aromatic carbocycles. The minimum absolute atomic E-state index is 0.0870. The molecule has 2 heterocycles. The van der Waals surface area contributed by atoms with Gasteiger partial charge in [-0.2, -0.15) is 0 Å². The van der Waals surface area contributed by atoms with E-state index in [0.29, 0.717) is 6.42 Å². The zero-order chi connectivity index (χ0) is 13.5. The number of carbonyl (C=O) groups is 1. The van der Waals surface area contributed by atoms with Crippen LogP contribution in [0.1, 0.15) is 32.1 Å². The maximum atomic E-state index is 12.2. The Balaban J connectivity index is 1.55. The van der Waals surface area contributed by atoms with Gasteiger partial charge in [-0.15, -0.1) is 0 Å². The van der Waals surface area contributed by atoms with Crippen LogP contribution in [-0.2, 0) is 14.6 Å². The van der Waals surface area contributed by atoms with Gasteiger partial charge in [0.15, 0.2) is 9.84 Å². The number of sulfone groups is 1. The molecule has 108 valence electrons. The minimum Gasteiger partial charge on any atom is -0.352 e. The van der Waals surface area contributed by atoms with E-state index in [9.17, 15) is 13.2 Å². The number of nitrogens with one attached hydrogen (secondary N) is 2. The highest BCUT2D eigenvalue weighted by Gasteiger charge is 2.57. The molecule has 1 spiro atoms. The number of rotatable bonds is 2. The second-order valence-electron chi connectivity index (χ2n) is 6.33. The van der Waals surface area contributed by atoms with Crippen LogP contribution in [0.2, 0.25) is 0 Å². The molecule has 6 heteroatoms. The number of amides is 1. The molecule has 1 aliphatic carbocycles. The molecule has 2 unspecified atom stereocenters. The van der Waals surface area contributed by atoms with Gasteiger partial charge in [-0.1, -0.05) is 0 Å². The summed E-state index contributed by atoms with van der Waals surface area (Å²) in [4.78, 5) is 12.2. The van der Waals surface area contributed by atoms with Crippen LogP contribution >= 0.6 is 0 Å². The van der Waals surface area contributed by atoms with Gasteiger partial charge >= 0.3 is 0 Å². The van der Waals surface area contributed by atoms with Crippen molar-refractivity contribution in [1.29, 1.82) is 0 Å². The molecule has 1 amide bonds. The predicted octanol–water partition coefficient (Wildman–Crippen LogP) is 0.0695. The third-order valence-electron chi connectivity index (χ3n) is 4.91. The summed E-state index contributed by atoms with van der Waals surface area (Å²) >= 11 is 0. The summed E-state index contributed by atoms with van der Waals surface area (Å²) in [6.07, 6.45) is 4.61. The van der Waals surface area contributed by atoms with Gasteiger partial charge in [0.1, 0.15) is 0 Å². The van der Waals surface area contributed by atoms with Crippen molar-refractivity contribution in [2.45, 2.75) is 38.1 Å². The lowest BCUT2D eigenvalue weighted by Crippen LogP contribution is -2.44. The van der Waals surface area contributed by atoms with Gasteiger partial charge in [0, 0.05) is 12.0 Å². The Hall–Kier alpha value is -0.620. The van der Waals surface area contributed by atoms with Crippen LogP contribution in [0.4, 0.5) is 0 Å². The number of hydrogen-bond acceptors (Lipinski definition) is 4. The van der Waals surface area contributed by atoms with E-state index in [4.69, 9.17) is 0 Å². The average molecular weight is 286 g/mol. The molecule has 3 rings (SSSR count). The molecule has 0 radical (unpaired) electrons.